The Bertz CT molecular complexity index is 451. The topological polar surface area (TPSA) is 61.4 Å². The fourth-order valence-electron chi connectivity index (χ4n) is 2.29. The molecule has 0 radical (unpaired) electrons. The van der Waals surface area contributed by atoms with Crippen LogP contribution in [0.1, 0.15) is 35.7 Å². The molecule has 1 saturated heterocycles. The second kappa shape index (κ2) is 4.98. The van der Waals surface area contributed by atoms with Crippen molar-refractivity contribution in [2.75, 3.05) is 13.1 Å². The van der Waals surface area contributed by atoms with E-state index in [2.05, 4.69) is 17.6 Å². The lowest BCUT2D eigenvalue weighted by molar-refractivity contribution is 0.0884. The normalized spacial score (nSPS) is 18.3. The molecule has 3 N–H and O–H groups in total. The number of aryl methyl sites for hydroxylation is 1. The molecular formula is C14H20N2O2. The fraction of sp³-hybridized carbons (Fsp3) is 0.500. The molecule has 0 aromatic heterocycles. The summed E-state index contributed by atoms with van der Waals surface area (Å²) in [4.78, 5) is 12.2. The van der Waals surface area contributed by atoms with Gasteiger partial charge in [-0.1, -0.05) is 12.1 Å². The van der Waals surface area contributed by atoms with E-state index in [-0.39, 0.29) is 17.2 Å². The Balaban J connectivity index is 2.14. The third kappa shape index (κ3) is 2.64. The van der Waals surface area contributed by atoms with Crippen LogP contribution in [0.3, 0.4) is 0 Å². The summed E-state index contributed by atoms with van der Waals surface area (Å²) in [7, 11) is 0. The first-order chi connectivity index (χ1) is 8.52. The van der Waals surface area contributed by atoms with E-state index in [1.807, 2.05) is 0 Å². The highest BCUT2D eigenvalue weighted by atomic mass is 16.3. The number of para-hydroxylation sites is 1. The van der Waals surface area contributed by atoms with Crippen molar-refractivity contribution in [3.8, 4) is 5.75 Å². The molecule has 1 aromatic carbocycles. The second-order valence-electron chi connectivity index (χ2n) is 5.24. The number of phenolic OH excluding ortho intramolecular Hbond substituents is 1. The lowest BCUT2D eigenvalue weighted by Gasteiger charge is -2.35. The van der Waals surface area contributed by atoms with Crippen molar-refractivity contribution >= 4 is 5.91 Å². The van der Waals surface area contributed by atoms with Gasteiger partial charge >= 0.3 is 0 Å². The quantitative estimate of drug-likeness (QED) is 0.744. The molecule has 1 heterocycles. The number of piperidine rings is 1. The number of hydrogen-bond donors (Lipinski definition) is 3. The highest BCUT2D eigenvalue weighted by Crippen LogP contribution is 2.23. The van der Waals surface area contributed by atoms with E-state index >= 15 is 0 Å². The smallest absolute Gasteiger partial charge is 0.255 e. The van der Waals surface area contributed by atoms with Crippen LogP contribution >= 0.6 is 0 Å². The van der Waals surface area contributed by atoms with Gasteiger partial charge in [-0.15, -0.1) is 0 Å². The van der Waals surface area contributed by atoms with Crippen molar-refractivity contribution in [2.24, 2.45) is 0 Å². The van der Waals surface area contributed by atoms with E-state index < -0.39 is 0 Å². The third-order valence-corrected chi connectivity index (χ3v) is 3.60. The Hall–Kier alpha value is -1.55. The van der Waals surface area contributed by atoms with E-state index in [4.69, 9.17) is 0 Å². The molecule has 4 heteroatoms. The van der Waals surface area contributed by atoms with E-state index in [0.717, 1.165) is 31.5 Å². The van der Waals surface area contributed by atoms with Gasteiger partial charge in [0.1, 0.15) is 5.75 Å². The van der Waals surface area contributed by atoms with Crippen LogP contribution < -0.4 is 10.6 Å². The summed E-state index contributed by atoms with van der Waals surface area (Å²) >= 11 is 0. The lowest BCUT2D eigenvalue weighted by Crippen LogP contribution is -2.52. The Morgan fingerprint density at radius 2 is 2.06 bits per heavy atom. The fourth-order valence-corrected chi connectivity index (χ4v) is 2.29. The summed E-state index contributed by atoms with van der Waals surface area (Å²) in [5.74, 6) is -0.117. The summed E-state index contributed by atoms with van der Waals surface area (Å²) < 4.78 is 0. The molecule has 0 atom stereocenters. The maximum Gasteiger partial charge on any atom is 0.255 e. The van der Waals surface area contributed by atoms with Crippen molar-refractivity contribution in [2.45, 2.75) is 32.2 Å². The molecule has 4 nitrogen and oxygen atoms in total. The highest BCUT2D eigenvalue weighted by molar-refractivity contribution is 5.97. The molecule has 0 aliphatic carbocycles. The number of aromatic hydroxyl groups is 1. The van der Waals surface area contributed by atoms with Crippen molar-refractivity contribution in [3.05, 3.63) is 29.3 Å². The van der Waals surface area contributed by atoms with Crippen LogP contribution in [0.4, 0.5) is 0 Å². The number of carbonyl (C=O) groups is 1. The molecule has 0 saturated carbocycles. The van der Waals surface area contributed by atoms with Gasteiger partial charge in [-0.25, -0.2) is 0 Å². The van der Waals surface area contributed by atoms with E-state index in [1.165, 1.54) is 0 Å². The van der Waals surface area contributed by atoms with Gasteiger partial charge in [-0.3, -0.25) is 4.79 Å². The minimum absolute atomic E-state index is 0.0764. The number of nitrogens with one attached hydrogen (secondary N) is 2. The van der Waals surface area contributed by atoms with Gasteiger partial charge < -0.3 is 15.7 Å². The van der Waals surface area contributed by atoms with Crippen LogP contribution in [0.2, 0.25) is 0 Å². The van der Waals surface area contributed by atoms with Gasteiger partial charge in [0.2, 0.25) is 0 Å². The van der Waals surface area contributed by atoms with Crippen LogP contribution in [0.5, 0.6) is 5.75 Å². The molecule has 1 amide bonds. The van der Waals surface area contributed by atoms with Gasteiger partial charge in [0, 0.05) is 5.54 Å². The largest absolute Gasteiger partial charge is 0.507 e. The number of benzene rings is 1. The zero-order valence-electron chi connectivity index (χ0n) is 10.9. The Labute approximate surface area is 107 Å². The average Bonchev–Trinajstić information content (AvgIpc) is 2.33. The molecular weight excluding hydrogens is 228 g/mol. The summed E-state index contributed by atoms with van der Waals surface area (Å²) in [6.07, 6.45) is 1.82. The molecule has 18 heavy (non-hydrogen) atoms. The molecule has 98 valence electrons. The molecule has 1 aromatic rings. The van der Waals surface area contributed by atoms with Gasteiger partial charge in [-0.2, -0.15) is 0 Å². The third-order valence-electron chi connectivity index (χ3n) is 3.60. The summed E-state index contributed by atoms with van der Waals surface area (Å²) in [6.45, 7) is 5.67. The molecule has 0 spiro atoms. The minimum atomic E-state index is -0.194. The van der Waals surface area contributed by atoms with Crippen LogP contribution in [0, 0.1) is 6.92 Å². The van der Waals surface area contributed by atoms with E-state index in [0.29, 0.717) is 5.56 Å². The Morgan fingerprint density at radius 3 is 2.72 bits per heavy atom. The predicted molar refractivity (Wildman–Crippen MR) is 70.8 cm³/mol. The lowest BCUT2D eigenvalue weighted by atomic mass is 9.90. The number of carbonyl (C=O) groups excluding carboxylic acids is 1. The summed E-state index contributed by atoms with van der Waals surface area (Å²) in [6, 6.07) is 5.23. The first-order valence-electron chi connectivity index (χ1n) is 6.34. The Morgan fingerprint density at radius 1 is 1.39 bits per heavy atom. The van der Waals surface area contributed by atoms with Crippen LogP contribution in [0.15, 0.2) is 18.2 Å². The number of amides is 1. The molecule has 0 bridgehead atoms. The van der Waals surface area contributed by atoms with E-state index in [1.54, 1.807) is 25.1 Å². The number of phenols is 1. The summed E-state index contributed by atoms with van der Waals surface area (Å²) in [5, 5.41) is 16.2. The SMILES string of the molecule is Cc1cccc(C(=O)NC2(C)CCNCC2)c1O. The van der Waals surface area contributed by atoms with Crippen molar-refractivity contribution in [1.82, 2.24) is 10.6 Å². The van der Waals surface area contributed by atoms with Gasteiger partial charge in [0.25, 0.3) is 5.91 Å². The second-order valence-corrected chi connectivity index (χ2v) is 5.24. The van der Waals surface area contributed by atoms with Gasteiger partial charge in [0.15, 0.2) is 0 Å². The molecule has 1 aliphatic heterocycles. The highest BCUT2D eigenvalue weighted by Gasteiger charge is 2.29. The van der Waals surface area contributed by atoms with Crippen molar-refractivity contribution in [1.29, 1.82) is 0 Å². The maximum atomic E-state index is 12.2. The average molecular weight is 248 g/mol. The molecule has 1 fully saturated rings. The van der Waals surface area contributed by atoms with Crippen LogP contribution in [-0.4, -0.2) is 29.6 Å². The first-order valence-corrected chi connectivity index (χ1v) is 6.34. The number of rotatable bonds is 2. The molecule has 1 aliphatic rings. The standard InChI is InChI=1S/C14H20N2O2/c1-10-4-3-5-11(12(10)17)13(18)16-14(2)6-8-15-9-7-14/h3-5,15,17H,6-9H2,1-2H3,(H,16,18). The minimum Gasteiger partial charge on any atom is -0.507 e. The van der Waals surface area contributed by atoms with Crippen molar-refractivity contribution < 1.29 is 9.90 Å². The maximum absolute atomic E-state index is 12.2. The zero-order chi connectivity index (χ0) is 13.2. The monoisotopic (exact) mass is 248 g/mol. The van der Waals surface area contributed by atoms with E-state index in [9.17, 15) is 9.90 Å². The zero-order valence-corrected chi connectivity index (χ0v) is 10.9. The van der Waals surface area contributed by atoms with Crippen molar-refractivity contribution in [3.63, 3.8) is 0 Å². The van der Waals surface area contributed by atoms with Gasteiger partial charge in [-0.05, 0) is 51.4 Å². The first kappa shape index (κ1) is 12.9. The number of hydrogen-bond acceptors (Lipinski definition) is 3. The van der Waals surface area contributed by atoms with Crippen LogP contribution in [-0.2, 0) is 0 Å². The van der Waals surface area contributed by atoms with Crippen LogP contribution in [0.25, 0.3) is 0 Å². The Kier molecular flexibility index (Phi) is 3.57. The predicted octanol–water partition coefficient (Wildman–Crippen LogP) is 1.57. The summed E-state index contributed by atoms with van der Waals surface area (Å²) in [5.41, 5.74) is 0.895. The molecule has 0 unspecified atom stereocenters. The molecule has 2 rings (SSSR count). The van der Waals surface area contributed by atoms with Gasteiger partial charge in [0.05, 0.1) is 5.56 Å².